The highest BCUT2D eigenvalue weighted by atomic mass is 32.2. The number of hydrogen-bond acceptors (Lipinski definition) is 6. The van der Waals surface area contributed by atoms with Gasteiger partial charge in [-0.2, -0.15) is 0 Å². The second-order valence-electron chi connectivity index (χ2n) is 5.05. The van der Waals surface area contributed by atoms with Crippen LogP contribution in [0.4, 0.5) is 0 Å². The average molecular weight is 301 g/mol. The fraction of sp³-hybridized carbons (Fsp3) is 0.667. The van der Waals surface area contributed by atoms with Gasteiger partial charge in [0.1, 0.15) is 5.76 Å². The molecule has 0 spiro atoms. The standard InChI is InChI=1S/C12H19N3O4S/c1-8-11(9(2)19-15-8)6-14-12(16)5-10-7-20(17,18)4-3-13-10/h10,13H,3-7H2,1-2H3,(H,14,16). The summed E-state index contributed by atoms with van der Waals surface area (Å²) < 4.78 is 28.0. The Kier molecular flexibility index (Phi) is 4.44. The van der Waals surface area contributed by atoms with E-state index in [0.717, 1.165) is 11.3 Å². The van der Waals surface area contributed by atoms with Gasteiger partial charge in [-0.15, -0.1) is 0 Å². The molecule has 0 saturated carbocycles. The van der Waals surface area contributed by atoms with Gasteiger partial charge in [-0.3, -0.25) is 4.79 Å². The quantitative estimate of drug-likeness (QED) is 0.790. The first-order valence-corrected chi connectivity index (χ1v) is 8.32. The van der Waals surface area contributed by atoms with Crippen molar-refractivity contribution in [2.45, 2.75) is 32.9 Å². The van der Waals surface area contributed by atoms with Gasteiger partial charge in [0.2, 0.25) is 5.91 Å². The summed E-state index contributed by atoms with van der Waals surface area (Å²) in [6.45, 7) is 4.35. The molecular weight excluding hydrogens is 282 g/mol. The molecule has 0 radical (unpaired) electrons. The molecule has 7 nitrogen and oxygen atoms in total. The largest absolute Gasteiger partial charge is 0.361 e. The van der Waals surface area contributed by atoms with Crippen LogP contribution < -0.4 is 10.6 Å². The van der Waals surface area contributed by atoms with Crippen LogP contribution in [0.15, 0.2) is 4.52 Å². The summed E-state index contributed by atoms with van der Waals surface area (Å²) in [4.78, 5) is 11.8. The van der Waals surface area contributed by atoms with Gasteiger partial charge in [-0.25, -0.2) is 8.42 Å². The summed E-state index contributed by atoms with van der Waals surface area (Å²) in [5, 5.41) is 9.63. The van der Waals surface area contributed by atoms with Crippen LogP contribution in [0.2, 0.25) is 0 Å². The zero-order valence-corrected chi connectivity index (χ0v) is 12.4. The van der Waals surface area contributed by atoms with E-state index < -0.39 is 9.84 Å². The summed E-state index contributed by atoms with van der Waals surface area (Å²) in [6.07, 6.45) is 0.155. The fourth-order valence-corrected chi connectivity index (χ4v) is 3.68. The lowest BCUT2D eigenvalue weighted by molar-refractivity contribution is -0.121. The van der Waals surface area contributed by atoms with Crippen LogP contribution in [0.3, 0.4) is 0 Å². The van der Waals surface area contributed by atoms with Gasteiger partial charge < -0.3 is 15.2 Å². The van der Waals surface area contributed by atoms with Gasteiger partial charge in [-0.1, -0.05) is 5.16 Å². The predicted molar refractivity (Wildman–Crippen MR) is 72.9 cm³/mol. The number of sulfone groups is 1. The Morgan fingerprint density at radius 1 is 1.50 bits per heavy atom. The van der Waals surface area contributed by atoms with E-state index in [1.54, 1.807) is 6.92 Å². The Balaban J connectivity index is 1.84. The molecule has 2 heterocycles. The molecule has 1 atom stereocenters. The Labute approximate surface area is 118 Å². The number of aryl methyl sites for hydroxylation is 2. The number of carbonyl (C=O) groups excluding carboxylic acids is 1. The zero-order chi connectivity index (χ0) is 14.8. The molecule has 20 heavy (non-hydrogen) atoms. The Bertz CT molecular complexity index is 574. The van der Waals surface area contributed by atoms with Crippen LogP contribution in [0.1, 0.15) is 23.4 Å². The molecule has 1 amide bonds. The Morgan fingerprint density at radius 3 is 2.85 bits per heavy atom. The number of amides is 1. The first-order chi connectivity index (χ1) is 9.37. The number of aromatic nitrogens is 1. The lowest BCUT2D eigenvalue weighted by Gasteiger charge is -2.23. The summed E-state index contributed by atoms with van der Waals surface area (Å²) in [6, 6.07) is -0.307. The minimum Gasteiger partial charge on any atom is -0.361 e. The van der Waals surface area contributed by atoms with Crippen LogP contribution in [-0.2, 0) is 21.2 Å². The van der Waals surface area contributed by atoms with Crippen LogP contribution in [0, 0.1) is 13.8 Å². The third-order valence-corrected chi connectivity index (χ3v) is 5.11. The first-order valence-electron chi connectivity index (χ1n) is 6.49. The third kappa shape index (κ3) is 3.80. The van der Waals surface area contributed by atoms with Crippen LogP contribution in [-0.4, -0.2) is 43.6 Å². The lowest BCUT2D eigenvalue weighted by Crippen LogP contribution is -2.47. The highest BCUT2D eigenvalue weighted by molar-refractivity contribution is 7.91. The van der Waals surface area contributed by atoms with Crippen molar-refractivity contribution in [3.63, 3.8) is 0 Å². The molecule has 0 bridgehead atoms. The molecule has 112 valence electrons. The molecule has 1 aliphatic heterocycles. The van der Waals surface area contributed by atoms with Gasteiger partial charge >= 0.3 is 0 Å². The van der Waals surface area contributed by atoms with E-state index in [-0.39, 0.29) is 29.9 Å². The normalized spacial score (nSPS) is 21.6. The molecule has 2 rings (SSSR count). The van der Waals surface area contributed by atoms with Gasteiger partial charge in [0.25, 0.3) is 0 Å². The lowest BCUT2D eigenvalue weighted by atomic mass is 10.2. The van der Waals surface area contributed by atoms with Gasteiger partial charge in [0.15, 0.2) is 9.84 Å². The number of hydrogen-bond donors (Lipinski definition) is 2. The zero-order valence-electron chi connectivity index (χ0n) is 11.6. The maximum Gasteiger partial charge on any atom is 0.221 e. The van der Waals surface area contributed by atoms with Crippen LogP contribution >= 0.6 is 0 Å². The second-order valence-corrected chi connectivity index (χ2v) is 7.28. The van der Waals surface area contributed by atoms with E-state index in [9.17, 15) is 13.2 Å². The first kappa shape index (κ1) is 15.0. The molecule has 1 aliphatic rings. The van der Waals surface area contributed by atoms with Gasteiger partial charge in [0.05, 0.1) is 17.2 Å². The fourth-order valence-electron chi connectivity index (χ4n) is 2.24. The van der Waals surface area contributed by atoms with Crippen molar-refractivity contribution in [3.05, 3.63) is 17.0 Å². The van der Waals surface area contributed by atoms with Crippen molar-refractivity contribution in [1.82, 2.24) is 15.8 Å². The minimum absolute atomic E-state index is 0.0196. The van der Waals surface area contributed by atoms with Gasteiger partial charge in [0, 0.05) is 31.1 Å². The molecular formula is C12H19N3O4S. The molecule has 1 aromatic heterocycles. The number of carbonyl (C=O) groups is 1. The average Bonchev–Trinajstić information content (AvgIpc) is 2.65. The smallest absolute Gasteiger partial charge is 0.221 e. The molecule has 1 aromatic rings. The summed E-state index contributed by atoms with van der Waals surface area (Å²) in [5.74, 6) is 0.663. The van der Waals surface area contributed by atoms with E-state index in [1.807, 2.05) is 6.92 Å². The molecule has 1 saturated heterocycles. The van der Waals surface area contributed by atoms with E-state index in [1.165, 1.54) is 0 Å². The maximum absolute atomic E-state index is 11.8. The van der Waals surface area contributed by atoms with E-state index in [4.69, 9.17) is 4.52 Å². The highest BCUT2D eigenvalue weighted by Crippen LogP contribution is 2.11. The summed E-state index contributed by atoms with van der Waals surface area (Å²) >= 11 is 0. The van der Waals surface area contributed by atoms with Crippen molar-refractivity contribution in [3.8, 4) is 0 Å². The topological polar surface area (TPSA) is 101 Å². The highest BCUT2D eigenvalue weighted by Gasteiger charge is 2.26. The Morgan fingerprint density at radius 2 is 2.25 bits per heavy atom. The molecule has 0 aliphatic carbocycles. The van der Waals surface area contributed by atoms with E-state index in [2.05, 4.69) is 15.8 Å². The summed E-state index contributed by atoms with van der Waals surface area (Å²) in [5.41, 5.74) is 1.61. The van der Waals surface area contributed by atoms with Crippen molar-refractivity contribution < 1.29 is 17.7 Å². The van der Waals surface area contributed by atoms with Crippen molar-refractivity contribution in [1.29, 1.82) is 0 Å². The van der Waals surface area contributed by atoms with Crippen molar-refractivity contribution in [2.24, 2.45) is 0 Å². The number of nitrogens with zero attached hydrogens (tertiary/aromatic N) is 1. The van der Waals surface area contributed by atoms with E-state index in [0.29, 0.717) is 18.8 Å². The second kappa shape index (κ2) is 5.92. The van der Waals surface area contributed by atoms with Crippen LogP contribution in [0.5, 0.6) is 0 Å². The number of rotatable bonds is 4. The van der Waals surface area contributed by atoms with Crippen molar-refractivity contribution in [2.75, 3.05) is 18.1 Å². The summed E-state index contributed by atoms with van der Waals surface area (Å²) in [7, 11) is -3.02. The molecule has 2 N–H and O–H groups in total. The third-order valence-electron chi connectivity index (χ3n) is 3.38. The minimum atomic E-state index is -3.02. The molecule has 0 aromatic carbocycles. The van der Waals surface area contributed by atoms with Gasteiger partial charge in [-0.05, 0) is 13.8 Å². The monoisotopic (exact) mass is 301 g/mol. The van der Waals surface area contributed by atoms with Crippen molar-refractivity contribution >= 4 is 15.7 Å². The van der Waals surface area contributed by atoms with E-state index >= 15 is 0 Å². The maximum atomic E-state index is 11.8. The molecule has 1 fully saturated rings. The Hall–Kier alpha value is -1.41. The molecule has 1 unspecified atom stereocenters. The van der Waals surface area contributed by atoms with Crippen LogP contribution in [0.25, 0.3) is 0 Å². The number of nitrogens with one attached hydrogen (secondary N) is 2. The SMILES string of the molecule is Cc1noc(C)c1CNC(=O)CC1CS(=O)(=O)CCN1. The predicted octanol–water partition coefficient (Wildman–Crippen LogP) is -0.316. The molecule has 8 heteroatoms.